The Bertz CT molecular complexity index is 805. The van der Waals surface area contributed by atoms with Crippen molar-refractivity contribution in [3.8, 4) is 17.1 Å². The van der Waals surface area contributed by atoms with E-state index in [4.69, 9.17) is 14.0 Å². The van der Waals surface area contributed by atoms with Crippen LogP contribution in [0.4, 0.5) is 0 Å². The van der Waals surface area contributed by atoms with E-state index in [0.717, 1.165) is 23.4 Å². The summed E-state index contributed by atoms with van der Waals surface area (Å²) in [4.78, 5) is 8.51. The molecule has 8 heteroatoms. The lowest BCUT2D eigenvalue weighted by Crippen LogP contribution is -2.33. The molecule has 1 saturated heterocycles. The van der Waals surface area contributed by atoms with Gasteiger partial charge < -0.3 is 19.3 Å². The molecule has 0 radical (unpaired) electrons. The zero-order valence-electron chi connectivity index (χ0n) is 14.0. The summed E-state index contributed by atoms with van der Waals surface area (Å²) in [6.07, 6.45) is 3.35. The van der Waals surface area contributed by atoms with E-state index in [1.165, 1.54) is 0 Å². The van der Waals surface area contributed by atoms with Crippen molar-refractivity contribution in [2.45, 2.75) is 12.7 Å². The highest BCUT2D eigenvalue weighted by molar-refractivity contribution is 5.85. The summed E-state index contributed by atoms with van der Waals surface area (Å²) in [7, 11) is 0. The molecule has 3 heterocycles. The lowest BCUT2D eigenvalue weighted by atomic mass is 10.2. The van der Waals surface area contributed by atoms with Crippen LogP contribution in [0, 0.1) is 0 Å². The number of halogens is 1. The molecule has 1 atom stereocenters. The van der Waals surface area contributed by atoms with Crippen LogP contribution in [0.3, 0.4) is 0 Å². The smallest absolute Gasteiger partial charge is 0.257 e. The third-order valence-electron chi connectivity index (χ3n) is 3.89. The maximum atomic E-state index is 5.75. The molecule has 1 aliphatic heterocycles. The fourth-order valence-corrected chi connectivity index (χ4v) is 2.56. The van der Waals surface area contributed by atoms with Crippen molar-refractivity contribution in [2.24, 2.45) is 0 Å². The fourth-order valence-electron chi connectivity index (χ4n) is 2.56. The lowest BCUT2D eigenvalue weighted by Gasteiger charge is -2.19. The number of hydrogen-bond donors (Lipinski definition) is 1. The van der Waals surface area contributed by atoms with Crippen LogP contribution in [0.2, 0.25) is 0 Å². The molecule has 1 N–H and O–H groups in total. The van der Waals surface area contributed by atoms with Crippen molar-refractivity contribution < 1.29 is 14.0 Å². The Kier molecular flexibility index (Phi) is 6.17. The second-order valence-electron chi connectivity index (χ2n) is 5.69. The molecule has 2 aromatic heterocycles. The van der Waals surface area contributed by atoms with E-state index in [1.54, 1.807) is 12.4 Å². The van der Waals surface area contributed by atoms with E-state index in [0.29, 0.717) is 31.5 Å². The van der Waals surface area contributed by atoms with Crippen LogP contribution in [0.1, 0.15) is 17.6 Å². The monoisotopic (exact) mass is 374 g/mol. The molecule has 0 saturated carbocycles. The van der Waals surface area contributed by atoms with Crippen LogP contribution >= 0.6 is 12.4 Å². The van der Waals surface area contributed by atoms with Gasteiger partial charge in [0.05, 0.1) is 6.61 Å². The standard InChI is InChI=1S/C18H18N4O3.ClH/c1-2-13(10-19-7-1)12-24-15-5-3-14(4-6-15)17-21-18(25-22-17)16-11-20-8-9-23-16;/h1-7,10,16,20H,8-9,11-12H2;1H/t16-;/m1./s1. The van der Waals surface area contributed by atoms with Gasteiger partial charge >= 0.3 is 0 Å². The number of aromatic nitrogens is 3. The molecule has 1 aliphatic rings. The van der Waals surface area contributed by atoms with Gasteiger partial charge in [-0.1, -0.05) is 11.2 Å². The molecular weight excluding hydrogens is 356 g/mol. The van der Waals surface area contributed by atoms with Crippen molar-refractivity contribution >= 4 is 12.4 Å². The maximum absolute atomic E-state index is 5.75. The van der Waals surface area contributed by atoms with Crippen molar-refractivity contribution in [3.05, 3.63) is 60.2 Å². The number of nitrogens with zero attached hydrogens (tertiary/aromatic N) is 3. The first kappa shape index (κ1) is 18.3. The molecule has 4 rings (SSSR count). The van der Waals surface area contributed by atoms with Crippen LogP contribution in [-0.4, -0.2) is 34.8 Å². The number of benzene rings is 1. The van der Waals surface area contributed by atoms with Gasteiger partial charge in [0.2, 0.25) is 5.82 Å². The molecule has 3 aromatic rings. The van der Waals surface area contributed by atoms with Gasteiger partial charge in [-0.05, 0) is 30.3 Å². The van der Waals surface area contributed by atoms with Crippen LogP contribution < -0.4 is 10.1 Å². The number of pyridine rings is 1. The minimum Gasteiger partial charge on any atom is -0.489 e. The summed E-state index contributed by atoms with van der Waals surface area (Å²) in [5.74, 6) is 1.82. The molecule has 0 amide bonds. The van der Waals surface area contributed by atoms with Crippen LogP contribution in [0.5, 0.6) is 5.75 Å². The van der Waals surface area contributed by atoms with E-state index < -0.39 is 0 Å². The molecule has 1 aromatic carbocycles. The predicted molar refractivity (Wildman–Crippen MR) is 97.1 cm³/mol. The normalized spacial score (nSPS) is 16.7. The Balaban J connectivity index is 0.00000196. The molecule has 7 nitrogen and oxygen atoms in total. The number of ether oxygens (including phenoxy) is 2. The molecule has 0 aliphatic carbocycles. The average Bonchev–Trinajstić information content (AvgIpc) is 3.19. The van der Waals surface area contributed by atoms with Crippen molar-refractivity contribution in [1.82, 2.24) is 20.4 Å². The zero-order valence-corrected chi connectivity index (χ0v) is 14.8. The van der Waals surface area contributed by atoms with Gasteiger partial charge in [0.15, 0.2) is 0 Å². The number of hydrogen-bond acceptors (Lipinski definition) is 7. The van der Waals surface area contributed by atoms with E-state index in [9.17, 15) is 0 Å². The van der Waals surface area contributed by atoms with Crippen LogP contribution in [0.15, 0.2) is 53.3 Å². The van der Waals surface area contributed by atoms with E-state index >= 15 is 0 Å². The Labute approximate surface area is 157 Å². The topological polar surface area (TPSA) is 82.3 Å². The second kappa shape index (κ2) is 8.75. The average molecular weight is 375 g/mol. The summed E-state index contributed by atoms with van der Waals surface area (Å²) >= 11 is 0. The van der Waals surface area contributed by atoms with Gasteiger partial charge in [-0.15, -0.1) is 12.4 Å². The van der Waals surface area contributed by atoms with Crippen LogP contribution in [0.25, 0.3) is 11.4 Å². The quantitative estimate of drug-likeness (QED) is 0.735. The first-order chi connectivity index (χ1) is 12.4. The molecule has 136 valence electrons. The Morgan fingerprint density at radius 1 is 1.19 bits per heavy atom. The lowest BCUT2D eigenvalue weighted by molar-refractivity contribution is 0.00755. The maximum Gasteiger partial charge on any atom is 0.257 e. The number of morpholine rings is 1. The summed E-state index contributed by atoms with van der Waals surface area (Å²) in [6.45, 7) is 2.65. The molecule has 0 spiro atoms. The fraction of sp³-hybridized carbons (Fsp3) is 0.278. The SMILES string of the molecule is Cl.c1cncc(COc2ccc(-c3noc([C@H]4CNCCO4)n3)cc2)c1. The minimum absolute atomic E-state index is 0. The molecule has 0 bridgehead atoms. The Morgan fingerprint density at radius 3 is 2.81 bits per heavy atom. The van der Waals surface area contributed by atoms with E-state index in [1.807, 2.05) is 36.4 Å². The first-order valence-electron chi connectivity index (χ1n) is 8.16. The van der Waals surface area contributed by atoms with Gasteiger partial charge in [-0.3, -0.25) is 4.98 Å². The van der Waals surface area contributed by atoms with E-state index in [2.05, 4.69) is 20.4 Å². The summed E-state index contributed by atoms with van der Waals surface area (Å²) < 4.78 is 16.7. The van der Waals surface area contributed by atoms with Gasteiger partial charge in [-0.25, -0.2) is 0 Å². The highest BCUT2D eigenvalue weighted by atomic mass is 35.5. The third-order valence-corrected chi connectivity index (χ3v) is 3.89. The highest BCUT2D eigenvalue weighted by Crippen LogP contribution is 2.23. The number of rotatable bonds is 5. The summed E-state index contributed by atoms with van der Waals surface area (Å²) in [5, 5.41) is 7.29. The highest BCUT2D eigenvalue weighted by Gasteiger charge is 2.22. The molecular formula is C18H19ClN4O3. The zero-order chi connectivity index (χ0) is 16.9. The Morgan fingerprint density at radius 2 is 2.08 bits per heavy atom. The number of nitrogens with one attached hydrogen (secondary N) is 1. The van der Waals surface area contributed by atoms with Gasteiger partial charge in [0.25, 0.3) is 5.89 Å². The second-order valence-corrected chi connectivity index (χ2v) is 5.69. The van der Waals surface area contributed by atoms with Crippen molar-refractivity contribution in [1.29, 1.82) is 0 Å². The summed E-state index contributed by atoms with van der Waals surface area (Å²) in [5.41, 5.74) is 1.89. The first-order valence-corrected chi connectivity index (χ1v) is 8.16. The van der Waals surface area contributed by atoms with Crippen molar-refractivity contribution in [2.75, 3.05) is 19.7 Å². The summed E-state index contributed by atoms with van der Waals surface area (Å²) in [6, 6.07) is 11.5. The molecule has 1 fully saturated rings. The van der Waals surface area contributed by atoms with Crippen LogP contribution in [-0.2, 0) is 11.3 Å². The van der Waals surface area contributed by atoms with Gasteiger partial charge in [-0.2, -0.15) is 4.98 Å². The molecule has 26 heavy (non-hydrogen) atoms. The Hall–Kier alpha value is -2.48. The minimum atomic E-state index is -0.183. The van der Waals surface area contributed by atoms with Gasteiger partial charge in [0.1, 0.15) is 18.5 Å². The predicted octanol–water partition coefficient (Wildman–Crippen LogP) is 2.79. The third kappa shape index (κ3) is 4.37. The molecule has 0 unspecified atom stereocenters. The largest absolute Gasteiger partial charge is 0.489 e. The van der Waals surface area contributed by atoms with Gasteiger partial charge in [0, 0.05) is 36.6 Å². The van der Waals surface area contributed by atoms with Crippen molar-refractivity contribution in [3.63, 3.8) is 0 Å². The van der Waals surface area contributed by atoms with E-state index in [-0.39, 0.29) is 18.5 Å².